The zero-order chi connectivity index (χ0) is 27.2. The molecule has 0 saturated carbocycles. The molecule has 0 radical (unpaired) electrons. The molecule has 2 aromatic carbocycles. The van der Waals surface area contributed by atoms with Crippen molar-refractivity contribution in [2.45, 2.75) is 38.4 Å². The molecular formula is C28H30FN3O4S. The van der Waals surface area contributed by atoms with Gasteiger partial charge < -0.3 is 14.3 Å². The van der Waals surface area contributed by atoms with Gasteiger partial charge in [-0.2, -0.15) is 0 Å². The van der Waals surface area contributed by atoms with Crippen molar-refractivity contribution in [2.75, 3.05) is 26.2 Å². The average Bonchev–Trinajstić information content (AvgIpc) is 3.38. The van der Waals surface area contributed by atoms with Crippen molar-refractivity contribution in [3.8, 4) is 23.8 Å². The maximum absolute atomic E-state index is 13.8. The van der Waals surface area contributed by atoms with E-state index in [2.05, 4.69) is 15.8 Å². The number of nitrogens with zero attached hydrogens (tertiary/aromatic N) is 3. The Bertz CT molecular complexity index is 1260. The predicted molar refractivity (Wildman–Crippen MR) is 143 cm³/mol. The Morgan fingerprint density at radius 1 is 1.19 bits per heavy atom. The molecule has 0 spiro atoms. The highest BCUT2D eigenvalue weighted by Gasteiger charge is 2.35. The summed E-state index contributed by atoms with van der Waals surface area (Å²) in [5.74, 6) is 2.60. The van der Waals surface area contributed by atoms with Gasteiger partial charge in [-0.1, -0.05) is 12.1 Å². The van der Waals surface area contributed by atoms with Crippen LogP contribution in [-0.2, 0) is 11.3 Å². The summed E-state index contributed by atoms with van der Waals surface area (Å²) < 4.78 is 24.2. The number of aldehydes is 1. The van der Waals surface area contributed by atoms with Crippen LogP contribution in [0, 0.1) is 18.2 Å². The summed E-state index contributed by atoms with van der Waals surface area (Å²) in [6.07, 6.45) is 6.51. The second kappa shape index (κ2) is 12.0. The van der Waals surface area contributed by atoms with Gasteiger partial charge in [0.25, 0.3) is 5.91 Å². The fourth-order valence-electron chi connectivity index (χ4n) is 3.90. The highest BCUT2D eigenvalue weighted by Crippen LogP contribution is 2.33. The molecule has 3 rings (SSSR count). The Kier molecular flexibility index (Phi) is 9.03. The summed E-state index contributed by atoms with van der Waals surface area (Å²) in [6.45, 7) is 4.50. The van der Waals surface area contributed by atoms with E-state index in [0.29, 0.717) is 35.2 Å². The van der Waals surface area contributed by atoms with Gasteiger partial charge in [-0.05, 0) is 50.9 Å². The van der Waals surface area contributed by atoms with Crippen LogP contribution in [-0.4, -0.2) is 54.9 Å². The molecule has 1 unspecified atom stereocenters. The van der Waals surface area contributed by atoms with Crippen molar-refractivity contribution in [1.82, 2.24) is 9.88 Å². The van der Waals surface area contributed by atoms with Gasteiger partial charge in [0.2, 0.25) is 0 Å². The molecular weight excluding hydrogens is 493 g/mol. The van der Waals surface area contributed by atoms with Crippen molar-refractivity contribution >= 4 is 29.2 Å². The Morgan fingerprint density at radius 3 is 2.32 bits per heavy atom. The monoisotopic (exact) mass is 523 g/mol. The minimum Gasteiger partial charge on any atom is -0.497 e. The van der Waals surface area contributed by atoms with Gasteiger partial charge in [-0.3, -0.25) is 14.6 Å². The lowest BCUT2D eigenvalue weighted by Gasteiger charge is -2.40. The van der Waals surface area contributed by atoms with Gasteiger partial charge in [0.15, 0.2) is 5.01 Å². The normalized spacial score (nSPS) is 12.1. The summed E-state index contributed by atoms with van der Waals surface area (Å²) in [6, 6.07) is 10.4. The summed E-state index contributed by atoms with van der Waals surface area (Å²) in [4.78, 5) is 34.0. The van der Waals surface area contributed by atoms with Crippen molar-refractivity contribution in [3.63, 3.8) is 0 Å². The van der Waals surface area contributed by atoms with E-state index >= 15 is 0 Å². The maximum Gasteiger partial charge on any atom is 0.278 e. The number of carbonyl (C=O) groups excluding carboxylic acids is 2. The SMILES string of the molecule is C#Cc1nc(C(=O)N(c2cc(OC)cc(OC)c2)C(C=O)CC(C)(C)N(C)Cc2ccc(F)cc2)cs1. The third-order valence-electron chi connectivity index (χ3n) is 6.24. The summed E-state index contributed by atoms with van der Waals surface area (Å²) in [5.41, 5.74) is 0.956. The molecule has 1 heterocycles. The van der Waals surface area contributed by atoms with Gasteiger partial charge >= 0.3 is 0 Å². The Morgan fingerprint density at radius 2 is 1.81 bits per heavy atom. The first-order chi connectivity index (χ1) is 17.6. The molecule has 0 fully saturated rings. The minimum atomic E-state index is -0.856. The standard InChI is InChI=1S/C28H30FN3O4S/c1-7-26-30-25(18-37-26)27(34)32(21-12-23(35-5)14-24(13-21)36-6)22(17-33)15-28(2,3)31(4)16-19-8-10-20(29)11-9-19/h1,8-14,17-18,22H,15-16H2,2-6H3. The summed E-state index contributed by atoms with van der Waals surface area (Å²) in [5, 5.41) is 1.95. The highest BCUT2D eigenvalue weighted by molar-refractivity contribution is 7.10. The molecule has 194 valence electrons. The van der Waals surface area contributed by atoms with Crippen LogP contribution in [0.15, 0.2) is 47.8 Å². The zero-order valence-corrected chi connectivity index (χ0v) is 22.3. The van der Waals surface area contributed by atoms with Crippen molar-refractivity contribution in [1.29, 1.82) is 0 Å². The first-order valence-electron chi connectivity index (χ1n) is 11.5. The molecule has 3 aromatic rings. The highest BCUT2D eigenvalue weighted by atomic mass is 32.1. The lowest BCUT2D eigenvalue weighted by Crippen LogP contribution is -2.50. The number of hydrogen-bond acceptors (Lipinski definition) is 7. The van der Waals surface area contributed by atoms with Crippen LogP contribution in [0.5, 0.6) is 11.5 Å². The molecule has 0 aliphatic rings. The number of benzene rings is 2. The third kappa shape index (κ3) is 6.73. The van der Waals surface area contributed by atoms with Crippen LogP contribution in [0.25, 0.3) is 0 Å². The van der Waals surface area contributed by atoms with E-state index in [1.807, 2.05) is 20.9 Å². The molecule has 9 heteroatoms. The zero-order valence-electron chi connectivity index (χ0n) is 21.5. The van der Waals surface area contributed by atoms with Crippen LogP contribution in [0.2, 0.25) is 0 Å². The number of anilines is 1. The number of methoxy groups -OCH3 is 2. The van der Waals surface area contributed by atoms with Crippen LogP contribution in [0.4, 0.5) is 10.1 Å². The van der Waals surface area contributed by atoms with Crippen LogP contribution in [0.3, 0.4) is 0 Å². The molecule has 0 aliphatic carbocycles. The molecule has 0 N–H and O–H groups in total. The van der Waals surface area contributed by atoms with Gasteiger partial charge in [-0.15, -0.1) is 17.8 Å². The number of carbonyl (C=O) groups is 2. The summed E-state index contributed by atoms with van der Waals surface area (Å²) in [7, 11) is 4.94. The van der Waals surface area contributed by atoms with Crippen molar-refractivity contribution in [2.24, 2.45) is 0 Å². The van der Waals surface area contributed by atoms with Gasteiger partial charge in [0.1, 0.15) is 29.3 Å². The molecule has 1 aromatic heterocycles. The van der Waals surface area contributed by atoms with Gasteiger partial charge in [0.05, 0.1) is 25.9 Å². The molecule has 1 atom stereocenters. The molecule has 37 heavy (non-hydrogen) atoms. The number of ether oxygens (including phenoxy) is 2. The average molecular weight is 524 g/mol. The predicted octanol–water partition coefficient (Wildman–Crippen LogP) is 4.80. The van der Waals surface area contributed by atoms with Crippen molar-refractivity contribution < 1.29 is 23.5 Å². The number of aromatic nitrogens is 1. The lowest BCUT2D eigenvalue weighted by molar-refractivity contribution is -0.109. The largest absolute Gasteiger partial charge is 0.497 e. The maximum atomic E-state index is 13.8. The number of halogens is 1. The molecule has 0 saturated heterocycles. The first kappa shape index (κ1) is 27.8. The number of hydrogen-bond donors (Lipinski definition) is 0. The Balaban J connectivity index is 1.99. The van der Waals surface area contributed by atoms with E-state index in [9.17, 15) is 14.0 Å². The van der Waals surface area contributed by atoms with E-state index in [1.54, 1.807) is 35.7 Å². The van der Waals surface area contributed by atoms with E-state index in [1.165, 1.54) is 42.6 Å². The Hall–Kier alpha value is -3.74. The second-order valence-electron chi connectivity index (χ2n) is 9.13. The molecule has 7 nitrogen and oxygen atoms in total. The minimum absolute atomic E-state index is 0.143. The Labute approximate surface area is 220 Å². The molecule has 0 bridgehead atoms. The number of amides is 1. The molecule has 1 amide bonds. The van der Waals surface area contributed by atoms with E-state index in [4.69, 9.17) is 15.9 Å². The third-order valence-corrected chi connectivity index (χ3v) is 7.02. The molecule has 0 aliphatic heterocycles. The number of rotatable bonds is 11. The fraction of sp³-hybridized carbons (Fsp3) is 0.321. The van der Waals surface area contributed by atoms with Gasteiger partial charge in [0, 0.05) is 35.7 Å². The smallest absolute Gasteiger partial charge is 0.278 e. The van der Waals surface area contributed by atoms with E-state index in [-0.39, 0.29) is 11.5 Å². The quantitative estimate of drug-likeness (QED) is 0.266. The topological polar surface area (TPSA) is 72.0 Å². The lowest BCUT2D eigenvalue weighted by atomic mass is 9.92. The number of terminal acetylenes is 1. The van der Waals surface area contributed by atoms with Crippen LogP contribution >= 0.6 is 11.3 Å². The first-order valence-corrected chi connectivity index (χ1v) is 12.4. The van der Waals surface area contributed by atoms with E-state index < -0.39 is 17.5 Å². The van der Waals surface area contributed by atoms with Gasteiger partial charge in [-0.25, -0.2) is 9.37 Å². The van der Waals surface area contributed by atoms with Crippen LogP contribution in [0.1, 0.15) is 41.3 Å². The van der Waals surface area contributed by atoms with Crippen molar-refractivity contribution in [3.05, 3.63) is 69.9 Å². The summed E-state index contributed by atoms with van der Waals surface area (Å²) >= 11 is 1.18. The van der Waals surface area contributed by atoms with Crippen LogP contribution < -0.4 is 14.4 Å². The fourth-order valence-corrected chi connectivity index (χ4v) is 4.49. The number of thiazole rings is 1. The second-order valence-corrected chi connectivity index (χ2v) is 9.99. The van der Waals surface area contributed by atoms with E-state index in [0.717, 1.165) is 11.8 Å².